The zero-order valence-corrected chi connectivity index (χ0v) is 16.0. The van der Waals surface area contributed by atoms with E-state index in [-0.39, 0.29) is 10.6 Å². The van der Waals surface area contributed by atoms with Crippen LogP contribution in [-0.2, 0) is 10.0 Å². The fourth-order valence-electron chi connectivity index (χ4n) is 3.25. The second-order valence-corrected chi connectivity index (χ2v) is 9.26. The quantitative estimate of drug-likeness (QED) is 0.533. The van der Waals surface area contributed by atoms with Crippen molar-refractivity contribution < 1.29 is 12.8 Å². The number of sulfonamides is 1. The van der Waals surface area contributed by atoms with E-state index < -0.39 is 10.0 Å². The van der Waals surface area contributed by atoms with Gasteiger partial charge in [-0.3, -0.25) is 4.31 Å². The Labute approximate surface area is 163 Å². The van der Waals surface area contributed by atoms with E-state index >= 15 is 0 Å². The number of nitrogens with one attached hydrogen (secondary N) is 2. The number of oxazole rings is 1. The Bertz CT molecular complexity index is 1340. The third-order valence-electron chi connectivity index (χ3n) is 4.57. The minimum absolute atomic E-state index is 0.123. The van der Waals surface area contributed by atoms with E-state index in [1.807, 2.05) is 12.1 Å². The van der Waals surface area contributed by atoms with Crippen molar-refractivity contribution in [3.63, 3.8) is 0 Å². The lowest BCUT2D eigenvalue weighted by atomic mass is 10.1. The third-order valence-corrected chi connectivity index (χ3v) is 7.42. The largest absolute Gasteiger partial charge is 0.444 e. The van der Waals surface area contributed by atoms with Crippen molar-refractivity contribution in [2.75, 3.05) is 16.6 Å². The molecule has 0 radical (unpaired) electrons. The van der Waals surface area contributed by atoms with Gasteiger partial charge in [-0.2, -0.15) is 0 Å². The molecule has 5 rings (SSSR count). The van der Waals surface area contributed by atoms with Crippen molar-refractivity contribution in [2.45, 2.75) is 9.79 Å². The summed E-state index contributed by atoms with van der Waals surface area (Å²) in [6.45, 7) is 0.349. The van der Waals surface area contributed by atoms with Gasteiger partial charge in [0, 0.05) is 22.8 Å². The summed E-state index contributed by atoms with van der Waals surface area (Å²) in [7, 11) is -3.81. The van der Waals surface area contributed by atoms with Crippen LogP contribution in [0.2, 0.25) is 0 Å². The molecular formula is C18H14N4O4S2. The van der Waals surface area contributed by atoms with Gasteiger partial charge in [0.05, 0.1) is 27.8 Å². The molecule has 0 saturated heterocycles. The molecule has 3 heterocycles. The van der Waals surface area contributed by atoms with E-state index in [9.17, 15) is 13.2 Å². The average molecular weight is 414 g/mol. The summed E-state index contributed by atoms with van der Waals surface area (Å²) in [6.07, 6.45) is 2.93. The average Bonchev–Trinajstić information content (AvgIpc) is 3.35. The highest BCUT2D eigenvalue weighted by molar-refractivity contribution is 8.00. The van der Waals surface area contributed by atoms with Crippen LogP contribution >= 0.6 is 11.8 Å². The third kappa shape index (κ3) is 2.72. The molecule has 0 spiro atoms. The monoisotopic (exact) mass is 414 g/mol. The zero-order valence-electron chi connectivity index (χ0n) is 14.4. The predicted octanol–water partition coefficient (Wildman–Crippen LogP) is 2.81. The highest BCUT2D eigenvalue weighted by Gasteiger charge is 2.30. The van der Waals surface area contributed by atoms with Crippen molar-refractivity contribution in [3.05, 3.63) is 59.5 Å². The minimum Gasteiger partial charge on any atom is -0.444 e. The normalized spacial score (nSPS) is 14.4. The molecule has 0 fully saturated rings. The van der Waals surface area contributed by atoms with Crippen LogP contribution in [0.15, 0.2) is 68.0 Å². The molecule has 2 aromatic carbocycles. The highest BCUT2D eigenvalue weighted by Crippen LogP contribution is 2.40. The molecule has 8 nitrogen and oxygen atoms in total. The van der Waals surface area contributed by atoms with Gasteiger partial charge in [-0.15, -0.1) is 11.8 Å². The second-order valence-electron chi connectivity index (χ2n) is 6.26. The molecule has 4 aromatic rings. The number of imidazole rings is 1. The number of fused-ring (bicyclic) bond motifs is 2. The Balaban J connectivity index is 1.62. The summed E-state index contributed by atoms with van der Waals surface area (Å²) in [5, 5.41) is 0. The SMILES string of the molecule is O=c1[nH]c2ccc(S(=O)(=O)N3CCSc4ccc(-c5cnco5)cc43)cc2[nH]1. The lowest BCUT2D eigenvalue weighted by Gasteiger charge is -2.30. The molecule has 0 saturated carbocycles. The molecule has 2 aromatic heterocycles. The molecule has 142 valence electrons. The van der Waals surface area contributed by atoms with E-state index in [4.69, 9.17) is 4.42 Å². The maximum atomic E-state index is 13.4. The van der Waals surface area contributed by atoms with Crippen LogP contribution < -0.4 is 9.99 Å². The van der Waals surface area contributed by atoms with Gasteiger partial charge in [0.25, 0.3) is 10.0 Å². The first-order chi connectivity index (χ1) is 13.5. The van der Waals surface area contributed by atoms with Gasteiger partial charge in [0.1, 0.15) is 0 Å². The van der Waals surface area contributed by atoms with Gasteiger partial charge in [0.15, 0.2) is 12.2 Å². The summed E-state index contributed by atoms with van der Waals surface area (Å²) >= 11 is 1.61. The molecule has 1 aliphatic rings. The van der Waals surface area contributed by atoms with Gasteiger partial charge < -0.3 is 14.4 Å². The van der Waals surface area contributed by atoms with E-state index in [1.165, 1.54) is 22.8 Å². The maximum absolute atomic E-state index is 13.4. The molecule has 0 aliphatic carbocycles. The van der Waals surface area contributed by atoms with Crippen molar-refractivity contribution in [1.29, 1.82) is 0 Å². The number of hydrogen-bond acceptors (Lipinski definition) is 6. The van der Waals surface area contributed by atoms with Gasteiger partial charge in [-0.25, -0.2) is 18.2 Å². The van der Waals surface area contributed by atoms with Gasteiger partial charge >= 0.3 is 5.69 Å². The summed E-state index contributed by atoms with van der Waals surface area (Å²) in [5.74, 6) is 1.22. The first-order valence-electron chi connectivity index (χ1n) is 8.43. The van der Waals surface area contributed by atoms with Gasteiger partial charge in [-0.05, 0) is 36.4 Å². The topological polar surface area (TPSA) is 112 Å². The van der Waals surface area contributed by atoms with Gasteiger partial charge in [-0.1, -0.05) is 0 Å². The molecule has 0 unspecified atom stereocenters. The number of rotatable bonds is 3. The van der Waals surface area contributed by atoms with Crippen LogP contribution in [0.1, 0.15) is 0 Å². The smallest absolute Gasteiger partial charge is 0.323 e. The molecule has 2 N–H and O–H groups in total. The van der Waals surface area contributed by atoms with Crippen molar-refractivity contribution in [1.82, 2.24) is 15.0 Å². The molecule has 28 heavy (non-hydrogen) atoms. The summed E-state index contributed by atoms with van der Waals surface area (Å²) in [5.41, 5.74) is 2.00. The van der Waals surface area contributed by atoms with Gasteiger partial charge in [0.2, 0.25) is 0 Å². The number of aromatic nitrogens is 3. The molecule has 1 aliphatic heterocycles. The predicted molar refractivity (Wildman–Crippen MR) is 106 cm³/mol. The number of nitrogens with zero attached hydrogens (tertiary/aromatic N) is 2. The number of thioether (sulfide) groups is 1. The van der Waals surface area contributed by atoms with Crippen LogP contribution in [0.3, 0.4) is 0 Å². The van der Waals surface area contributed by atoms with Crippen molar-refractivity contribution >= 4 is 38.5 Å². The Morgan fingerprint density at radius 3 is 2.79 bits per heavy atom. The van der Waals surface area contributed by atoms with Crippen LogP contribution in [0, 0.1) is 0 Å². The number of aromatic amines is 2. The minimum atomic E-state index is -3.81. The van der Waals surface area contributed by atoms with Crippen LogP contribution in [0.5, 0.6) is 0 Å². The molecule has 10 heteroatoms. The van der Waals surface area contributed by atoms with Crippen molar-refractivity contribution in [3.8, 4) is 11.3 Å². The molecule has 0 bridgehead atoms. The summed E-state index contributed by atoms with van der Waals surface area (Å²) in [6, 6.07) is 10.2. The Kier molecular flexibility index (Phi) is 3.84. The summed E-state index contributed by atoms with van der Waals surface area (Å²) < 4.78 is 33.5. The van der Waals surface area contributed by atoms with E-state index in [0.29, 0.717) is 34.8 Å². The van der Waals surface area contributed by atoms with Crippen LogP contribution in [-0.4, -0.2) is 35.7 Å². The van der Waals surface area contributed by atoms with E-state index in [1.54, 1.807) is 30.1 Å². The number of benzene rings is 2. The molecular weight excluding hydrogens is 400 g/mol. The first-order valence-corrected chi connectivity index (χ1v) is 10.9. The van der Waals surface area contributed by atoms with Crippen molar-refractivity contribution in [2.24, 2.45) is 0 Å². The Hall–Kier alpha value is -2.98. The van der Waals surface area contributed by atoms with E-state index in [0.717, 1.165) is 10.5 Å². The first kappa shape index (κ1) is 17.1. The molecule has 0 amide bonds. The fraction of sp³-hybridized carbons (Fsp3) is 0.111. The van der Waals surface area contributed by atoms with Crippen LogP contribution in [0.25, 0.3) is 22.4 Å². The summed E-state index contributed by atoms with van der Waals surface area (Å²) in [4.78, 5) is 21.6. The highest BCUT2D eigenvalue weighted by atomic mass is 32.2. The number of anilines is 1. The zero-order chi connectivity index (χ0) is 19.3. The van der Waals surface area contributed by atoms with Crippen LogP contribution in [0.4, 0.5) is 5.69 Å². The Morgan fingerprint density at radius 2 is 1.96 bits per heavy atom. The van der Waals surface area contributed by atoms with E-state index in [2.05, 4.69) is 15.0 Å². The standard InChI is InChI=1S/C18H14N4O4S2/c23-18-20-13-3-2-12(8-14(13)21-18)28(24,25)22-5-6-27-17-4-1-11(7-15(17)22)16-9-19-10-26-16/h1-4,7-10H,5-6H2,(H2,20,21,23). The fourth-order valence-corrected chi connectivity index (χ4v) is 5.91. The second kappa shape index (κ2) is 6.28. The lowest BCUT2D eigenvalue weighted by molar-refractivity contribution is 0.571. The maximum Gasteiger partial charge on any atom is 0.323 e. The number of hydrogen-bond donors (Lipinski definition) is 2. The molecule has 0 atom stereocenters. The number of H-pyrrole nitrogens is 2. The Morgan fingerprint density at radius 1 is 1.11 bits per heavy atom. The lowest BCUT2D eigenvalue weighted by Crippen LogP contribution is -2.35.